The molecule has 0 fully saturated rings. The van der Waals surface area contributed by atoms with Crippen LogP contribution in [0, 0.1) is 17.8 Å². The largest absolute Gasteiger partial charge is 0.426 e. The van der Waals surface area contributed by atoms with Crippen molar-refractivity contribution in [3.05, 3.63) is 72.3 Å². The minimum absolute atomic E-state index is 0.122. The number of esters is 2. The monoisotopic (exact) mass is 348 g/mol. The van der Waals surface area contributed by atoms with E-state index in [9.17, 15) is 9.59 Å². The Kier molecular flexibility index (Phi) is 6.75. The van der Waals surface area contributed by atoms with Gasteiger partial charge >= 0.3 is 11.9 Å². The first-order chi connectivity index (χ1) is 12.5. The molecule has 1 atom stereocenters. The van der Waals surface area contributed by atoms with Crippen LogP contribution in [0.15, 0.2) is 61.2 Å². The molecule has 26 heavy (non-hydrogen) atoms. The molecule has 0 saturated carbocycles. The molecule has 2 rings (SSSR count). The maximum absolute atomic E-state index is 11.8. The molecular weight excluding hydrogens is 328 g/mol. The Morgan fingerprint density at radius 1 is 0.962 bits per heavy atom. The Bertz CT molecular complexity index is 836. The van der Waals surface area contributed by atoms with Crippen molar-refractivity contribution in [1.82, 2.24) is 0 Å². The first-order valence-electron chi connectivity index (χ1n) is 8.30. The fourth-order valence-corrected chi connectivity index (χ4v) is 1.90. The molecule has 4 heteroatoms. The minimum Gasteiger partial charge on any atom is -0.426 e. The summed E-state index contributed by atoms with van der Waals surface area (Å²) < 4.78 is 10.3. The summed E-state index contributed by atoms with van der Waals surface area (Å²) in [6, 6.07) is 13.9. The fourth-order valence-electron chi connectivity index (χ4n) is 1.90. The van der Waals surface area contributed by atoms with Gasteiger partial charge in [0.05, 0.1) is 5.92 Å². The molecule has 0 aromatic heterocycles. The summed E-state index contributed by atoms with van der Waals surface area (Å²) >= 11 is 0. The molecule has 0 aliphatic carbocycles. The molecule has 0 bridgehead atoms. The van der Waals surface area contributed by atoms with E-state index in [1.807, 2.05) is 13.8 Å². The van der Waals surface area contributed by atoms with Crippen LogP contribution in [0.1, 0.15) is 31.4 Å². The highest BCUT2D eigenvalue weighted by Gasteiger charge is 2.12. The second-order valence-corrected chi connectivity index (χ2v) is 5.65. The van der Waals surface area contributed by atoms with E-state index < -0.39 is 5.97 Å². The lowest BCUT2D eigenvalue weighted by Crippen LogP contribution is -2.16. The van der Waals surface area contributed by atoms with E-state index in [-0.39, 0.29) is 11.9 Å². The summed E-state index contributed by atoms with van der Waals surface area (Å²) in [4.78, 5) is 22.9. The Morgan fingerprint density at radius 3 is 1.85 bits per heavy atom. The van der Waals surface area contributed by atoms with Crippen molar-refractivity contribution in [2.24, 2.45) is 5.92 Å². The number of benzene rings is 2. The van der Waals surface area contributed by atoms with Crippen LogP contribution >= 0.6 is 0 Å². The van der Waals surface area contributed by atoms with Crippen molar-refractivity contribution in [3.8, 4) is 23.3 Å². The topological polar surface area (TPSA) is 52.6 Å². The van der Waals surface area contributed by atoms with Crippen molar-refractivity contribution in [3.63, 3.8) is 0 Å². The first kappa shape index (κ1) is 19.0. The van der Waals surface area contributed by atoms with Gasteiger partial charge in [-0.3, -0.25) is 4.79 Å². The van der Waals surface area contributed by atoms with Gasteiger partial charge in [-0.25, -0.2) is 4.79 Å². The summed E-state index contributed by atoms with van der Waals surface area (Å²) in [6.07, 6.45) is 1.85. The van der Waals surface area contributed by atoms with Gasteiger partial charge in [-0.1, -0.05) is 32.3 Å². The molecule has 2 aromatic rings. The maximum Gasteiger partial charge on any atom is 0.335 e. The van der Waals surface area contributed by atoms with Gasteiger partial charge < -0.3 is 9.47 Å². The van der Waals surface area contributed by atoms with Gasteiger partial charge in [0, 0.05) is 17.2 Å². The molecule has 0 heterocycles. The Morgan fingerprint density at radius 2 is 1.42 bits per heavy atom. The van der Waals surface area contributed by atoms with Gasteiger partial charge in [0.25, 0.3) is 0 Å². The van der Waals surface area contributed by atoms with Gasteiger partial charge in [-0.15, -0.1) is 0 Å². The predicted molar refractivity (Wildman–Crippen MR) is 99.8 cm³/mol. The van der Waals surface area contributed by atoms with Crippen LogP contribution in [-0.4, -0.2) is 11.9 Å². The molecular formula is C22H20O4. The Labute approximate surface area is 153 Å². The van der Waals surface area contributed by atoms with Crippen molar-refractivity contribution in [2.45, 2.75) is 20.3 Å². The zero-order chi connectivity index (χ0) is 18.9. The summed E-state index contributed by atoms with van der Waals surface area (Å²) in [7, 11) is 0. The summed E-state index contributed by atoms with van der Waals surface area (Å²) in [5, 5.41) is 0. The lowest BCUT2D eigenvalue weighted by Gasteiger charge is -2.08. The van der Waals surface area contributed by atoms with Gasteiger partial charge in [-0.2, -0.15) is 0 Å². The molecule has 1 unspecified atom stereocenters. The van der Waals surface area contributed by atoms with E-state index in [1.165, 1.54) is 0 Å². The highest BCUT2D eigenvalue weighted by atomic mass is 16.5. The van der Waals surface area contributed by atoms with Crippen molar-refractivity contribution >= 4 is 11.9 Å². The molecule has 0 N–H and O–H groups in total. The highest BCUT2D eigenvalue weighted by Crippen LogP contribution is 2.15. The van der Waals surface area contributed by atoms with Crippen LogP contribution in [0.4, 0.5) is 0 Å². The van der Waals surface area contributed by atoms with Crippen LogP contribution in [0.3, 0.4) is 0 Å². The van der Waals surface area contributed by atoms with E-state index in [2.05, 4.69) is 18.4 Å². The highest BCUT2D eigenvalue weighted by molar-refractivity contribution is 5.83. The molecule has 0 saturated heterocycles. The number of rotatable bonds is 5. The quantitative estimate of drug-likeness (QED) is 0.353. The third-order valence-electron chi connectivity index (χ3n) is 3.68. The Balaban J connectivity index is 2.00. The van der Waals surface area contributed by atoms with E-state index in [0.29, 0.717) is 11.5 Å². The van der Waals surface area contributed by atoms with Crippen LogP contribution in [-0.2, 0) is 9.59 Å². The van der Waals surface area contributed by atoms with E-state index >= 15 is 0 Å². The summed E-state index contributed by atoms with van der Waals surface area (Å²) in [5.74, 6) is 6.15. The van der Waals surface area contributed by atoms with Crippen LogP contribution in [0.2, 0.25) is 0 Å². The summed E-state index contributed by atoms with van der Waals surface area (Å²) in [5.41, 5.74) is 1.59. The smallest absolute Gasteiger partial charge is 0.335 e. The van der Waals surface area contributed by atoms with Crippen LogP contribution in [0.25, 0.3) is 0 Å². The van der Waals surface area contributed by atoms with E-state index in [0.717, 1.165) is 23.6 Å². The van der Waals surface area contributed by atoms with Gasteiger partial charge in [0.1, 0.15) is 11.5 Å². The molecule has 132 valence electrons. The van der Waals surface area contributed by atoms with Crippen molar-refractivity contribution < 1.29 is 19.1 Å². The average Bonchev–Trinajstić information content (AvgIpc) is 2.67. The van der Waals surface area contributed by atoms with Crippen LogP contribution in [0.5, 0.6) is 11.5 Å². The SMILES string of the molecule is C=CC(=O)Oc1ccc(C#Cc2ccc(OC(=O)C(C)CC)cc2)cc1. The van der Waals surface area contributed by atoms with E-state index in [4.69, 9.17) is 9.47 Å². The number of ether oxygens (including phenoxy) is 2. The van der Waals surface area contributed by atoms with Gasteiger partial charge in [0.2, 0.25) is 0 Å². The molecule has 0 aliphatic heterocycles. The molecule has 0 spiro atoms. The number of hydrogen-bond acceptors (Lipinski definition) is 4. The Hall–Kier alpha value is -3.32. The maximum atomic E-state index is 11.8. The first-order valence-corrected chi connectivity index (χ1v) is 8.30. The standard InChI is InChI=1S/C22H20O4/c1-4-16(3)22(24)26-20-14-10-18(11-15-20)7-6-17-8-12-19(13-9-17)25-21(23)5-2/h5,8-16H,2,4H2,1,3H3. The normalized spacial score (nSPS) is 10.8. The molecule has 0 aliphatic rings. The van der Waals surface area contributed by atoms with Crippen molar-refractivity contribution in [1.29, 1.82) is 0 Å². The van der Waals surface area contributed by atoms with Crippen LogP contribution < -0.4 is 9.47 Å². The number of carbonyl (C=O) groups excluding carboxylic acids is 2. The number of carbonyl (C=O) groups is 2. The fraction of sp³-hybridized carbons (Fsp3) is 0.182. The summed E-state index contributed by atoms with van der Waals surface area (Å²) in [6.45, 7) is 7.13. The molecule has 4 nitrogen and oxygen atoms in total. The average molecular weight is 348 g/mol. The van der Waals surface area contributed by atoms with Gasteiger partial charge in [-0.05, 0) is 55.0 Å². The molecule has 0 radical (unpaired) electrons. The van der Waals surface area contributed by atoms with Crippen molar-refractivity contribution in [2.75, 3.05) is 0 Å². The zero-order valence-corrected chi connectivity index (χ0v) is 14.8. The number of hydrogen-bond donors (Lipinski definition) is 0. The predicted octanol–water partition coefficient (Wildman–Crippen LogP) is 4.13. The third kappa shape index (κ3) is 5.64. The third-order valence-corrected chi connectivity index (χ3v) is 3.68. The molecule has 0 amide bonds. The second-order valence-electron chi connectivity index (χ2n) is 5.65. The minimum atomic E-state index is -0.502. The second kappa shape index (κ2) is 9.24. The van der Waals surface area contributed by atoms with Gasteiger partial charge in [0.15, 0.2) is 0 Å². The molecule has 2 aromatic carbocycles. The zero-order valence-electron chi connectivity index (χ0n) is 14.8. The lowest BCUT2D eigenvalue weighted by molar-refractivity contribution is -0.138. The van der Waals surface area contributed by atoms with E-state index in [1.54, 1.807) is 48.5 Å². The lowest BCUT2D eigenvalue weighted by atomic mass is 10.1.